The third-order valence-corrected chi connectivity index (χ3v) is 3.88. The quantitative estimate of drug-likeness (QED) is 0.777. The first-order valence-corrected chi connectivity index (χ1v) is 6.18. The Bertz CT molecular complexity index is 405. The molecule has 2 unspecified atom stereocenters. The predicted molar refractivity (Wildman–Crippen MR) is 66.1 cm³/mol. The number of pyridine rings is 1. The van der Waals surface area contributed by atoms with Crippen LogP contribution < -0.4 is 5.32 Å². The lowest BCUT2D eigenvalue weighted by Crippen LogP contribution is -2.29. The van der Waals surface area contributed by atoms with Crippen LogP contribution in [0.15, 0.2) is 24.4 Å². The average Bonchev–Trinajstić information content (AvgIpc) is 2.77. The number of hydrogen-bond donors (Lipinski definition) is 1. The summed E-state index contributed by atoms with van der Waals surface area (Å²) in [5.74, 6) is 0.877. The number of allylic oxidation sites excluding steroid dienone is 1. The molecule has 1 aromatic rings. The molecule has 0 bridgehead atoms. The van der Waals surface area contributed by atoms with Gasteiger partial charge in [0.1, 0.15) is 0 Å². The molecule has 0 aromatic carbocycles. The first-order chi connectivity index (χ1) is 7.83. The van der Waals surface area contributed by atoms with Crippen LogP contribution in [-0.2, 0) is 0 Å². The Morgan fingerprint density at radius 1 is 1.38 bits per heavy atom. The van der Waals surface area contributed by atoms with E-state index in [1.807, 2.05) is 13.1 Å². The van der Waals surface area contributed by atoms with Crippen LogP contribution in [0, 0.1) is 12.8 Å². The van der Waals surface area contributed by atoms with E-state index in [-0.39, 0.29) is 0 Å². The molecule has 2 heterocycles. The second kappa shape index (κ2) is 4.02. The molecule has 1 fully saturated rings. The van der Waals surface area contributed by atoms with E-state index >= 15 is 0 Å². The Kier molecular flexibility index (Phi) is 2.52. The molecule has 1 aromatic heterocycles. The Morgan fingerprint density at radius 2 is 2.31 bits per heavy atom. The zero-order chi connectivity index (χ0) is 11.0. The van der Waals surface area contributed by atoms with Crippen molar-refractivity contribution in [1.82, 2.24) is 10.3 Å². The van der Waals surface area contributed by atoms with Crippen LogP contribution in [0.5, 0.6) is 0 Å². The van der Waals surface area contributed by atoms with E-state index in [9.17, 15) is 0 Å². The zero-order valence-corrected chi connectivity index (χ0v) is 9.74. The monoisotopic (exact) mass is 214 g/mol. The van der Waals surface area contributed by atoms with Gasteiger partial charge in [-0.05, 0) is 55.9 Å². The molecule has 3 rings (SSSR count). The molecule has 0 amide bonds. The summed E-state index contributed by atoms with van der Waals surface area (Å²) in [4.78, 5) is 4.38. The van der Waals surface area contributed by atoms with Crippen LogP contribution >= 0.6 is 0 Å². The van der Waals surface area contributed by atoms with E-state index in [1.165, 1.54) is 36.9 Å². The summed E-state index contributed by atoms with van der Waals surface area (Å²) >= 11 is 0. The molecule has 0 saturated carbocycles. The van der Waals surface area contributed by atoms with Gasteiger partial charge in [-0.15, -0.1) is 0 Å². The minimum absolute atomic E-state index is 0.710. The summed E-state index contributed by atoms with van der Waals surface area (Å²) in [5, 5.41) is 3.61. The summed E-state index contributed by atoms with van der Waals surface area (Å²) in [6, 6.07) is 5.01. The number of aryl methyl sites for hydroxylation is 1. The highest BCUT2D eigenvalue weighted by Crippen LogP contribution is 2.34. The molecule has 2 atom stereocenters. The molecule has 0 radical (unpaired) electrons. The third-order valence-electron chi connectivity index (χ3n) is 3.88. The highest BCUT2D eigenvalue weighted by atomic mass is 15.0. The van der Waals surface area contributed by atoms with Crippen molar-refractivity contribution in [3.8, 4) is 0 Å². The average molecular weight is 214 g/mol. The van der Waals surface area contributed by atoms with Crippen LogP contribution in [0.2, 0.25) is 0 Å². The number of nitrogens with zero attached hydrogens (tertiary/aromatic N) is 1. The fraction of sp³-hybridized carbons (Fsp3) is 0.500. The lowest BCUT2D eigenvalue weighted by atomic mass is 9.84. The largest absolute Gasteiger partial charge is 0.313 e. The maximum Gasteiger partial charge on any atom is 0.0373 e. The van der Waals surface area contributed by atoms with Gasteiger partial charge < -0.3 is 5.32 Å². The van der Waals surface area contributed by atoms with E-state index < -0.39 is 0 Å². The summed E-state index contributed by atoms with van der Waals surface area (Å²) in [6.45, 7) is 3.23. The number of rotatable bonds is 1. The molecule has 1 N–H and O–H groups in total. The number of aromatic nitrogens is 1. The minimum Gasteiger partial charge on any atom is -0.313 e. The zero-order valence-electron chi connectivity index (χ0n) is 9.74. The molecular weight excluding hydrogens is 196 g/mol. The molecule has 2 nitrogen and oxygen atoms in total. The molecule has 2 heteroatoms. The maximum atomic E-state index is 4.38. The van der Waals surface area contributed by atoms with E-state index in [1.54, 1.807) is 0 Å². The van der Waals surface area contributed by atoms with Gasteiger partial charge in [0.25, 0.3) is 0 Å². The van der Waals surface area contributed by atoms with Crippen molar-refractivity contribution >= 4 is 5.57 Å². The van der Waals surface area contributed by atoms with Gasteiger partial charge in [-0.3, -0.25) is 4.98 Å². The molecule has 16 heavy (non-hydrogen) atoms. The van der Waals surface area contributed by atoms with Crippen LogP contribution in [0.25, 0.3) is 5.57 Å². The number of hydrogen-bond acceptors (Lipinski definition) is 2. The Labute approximate surface area is 96.8 Å². The van der Waals surface area contributed by atoms with Crippen molar-refractivity contribution in [2.45, 2.75) is 32.2 Å². The third kappa shape index (κ3) is 1.78. The van der Waals surface area contributed by atoms with Crippen LogP contribution in [0.4, 0.5) is 0 Å². The van der Waals surface area contributed by atoms with Gasteiger partial charge in [0.15, 0.2) is 0 Å². The lowest BCUT2D eigenvalue weighted by Gasteiger charge is -2.25. The lowest BCUT2D eigenvalue weighted by molar-refractivity contribution is 0.445. The Hall–Kier alpha value is -1.15. The van der Waals surface area contributed by atoms with E-state index in [0.717, 1.165) is 11.6 Å². The van der Waals surface area contributed by atoms with Crippen LogP contribution in [-0.4, -0.2) is 17.6 Å². The van der Waals surface area contributed by atoms with Gasteiger partial charge in [-0.1, -0.05) is 12.1 Å². The van der Waals surface area contributed by atoms with Crippen molar-refractivity contribution in [2.24, 2.45) is 5.92 Å². The fourth-order valence-electron chi connectivity index (χ4n) is 2.85. The fourth-order valence-corrected chi connectivity index (χ4v) is 2.85. The van der Waals surface area contributed by atoms with Crippen molar-refractivity contribution in [3.05, 3.63) is 35.7 Å². The van der Waals surface area contributed by atoms with Gasteiger partial charge in [0.2, 0.25) is 0 Å². The maximum absolute atomic E-state index is 4.38. The van der Waals surface area contributed by atoms with Crippen LogP contribution in [0.3, 0.4) is 0 Å². The smallest absolute Gasteiger partial charge is 0.0373 e. The van der Waals surface area contributed by atoms with E-state index in [0.29, 0.717) is 6.04 Å². The molecule has 1 aliphatic carbocycles. The predicted octanol–water partition coefficient (Wildman–Crippen LogP) is 2.55. The summed E-state index contributed by atoms with van der Waals surface area (Å²) < 4.78 is 0. The Morgan fingerprint density at radius 3 is 3.12 bits per heavy atom. The van der Waals surface area contributed by atoms with Gasteiger partial charge in [0, 0.05) is 17.9 Å². The summed E-state index contributed by atoms with van der Waals surface area (Å²) in [6.07, 6.45) is 8.19. The highest BCUT2D eigenvalue weighted by Gasteiger charge is 2.29. The second-order valence-corrected chi connectivity index (χ2v) is 4.97. The standard InChI is InChI=1S/C14H18N2/c1-10-2-3-13(9-16-10)12-5-4-11-6-7-15-14(11)8-12/h2-3,5,9,11,14-15H,4,6-8H2,1H3. The topological polar surface area (TPSA) is 24.9 Å². The molecular formula is C14H18N2. The van der Waals surface area contributed by atoms with Gasteiger partial charge in [-0.25, -0.2) is 0 Å². The molecule has 2 aliphatic rings. The van der Waals surface area contributed by atoms with Gasteiger partial charge in [0.05, 0.1) is 0 Å². The normalized spacial score (nSPS) is 28.7. The van der Waals surface area contributed by atoms with E-state index in [2.05, 4.69) is 28.5 Å². The van der Waals surface area contributed by atoms with Gasteiger partial charge in [-0.2, -0.15) is 0 Å². The molecule has 84 valence electrons. The molecule has 0 spiro atoms. The SMILES string of the molecule is Cc1ccc(C2=CCC3CCNC3C2)cn1. The van der Waals surface area contributed by atoms with Crippen LogP contribution in [0.1, 0.15) is 30.5 Å². The first-order valence-electron chi connectivity index (χ1n) is 6.18. The highest BCUT2D eigenvalue weighted by molar-refractivity contribution is 5.66. The summed E-state index contributed by atoms with van der Waals surface area (Å²) in [5.41, 5.74) is 3.87. The van der Waals surface area contributed by atoms with Crippen molar-refractivity contribution in [3.63, 3.8) is 0 Å². The van der Waals surface area contributed by atoms with Crippen molar-refractivity contribution in [1.29, 1.82) is 0 Å². The second-order valence-electron chi connectivity index (χ2n) is 4.97. The molecule has 1 aliphatic heterocycles. The van der Waals surface area contributed by atoms with Gasteiger partial charge >= 0.3 is 0 Å². The number of fused-ring (bicyclic) bond motifs is 1. The van der Waals surface area contributed by atoms with E-state index in [4.69, 9.17) is 0 Å². The van der Waals surface area contributed by atoms with Crippen molar-refractivity contribution in [2.75, 3.05) is 6.54 Å². The van der Waals surface area contributed by atoms with Crippen molar-refractivity contribution < 1.29 is 0 Å². The molecule has 1 saturated heterocycles. The minimum atomic E-state index is 0.710. The number of nitrogens with one attached hydrogen (secondary N) is 1. The first kappa shape index (κ1) is 10.0. The Balaban J connectivity index is 1.83. The summed E-state index contributed by atoms with van der Waals surface area (Å²) in [7, 11) is 0.